The fraction of sp³-hybridized carbons (Fsp3) is 0.300. The molecule has 0 aromatic heterocycles. The van der Waals surface area contributed by atoms with E-state index in [2.05, 4.69) is 11.7 Å². The molecule has 0 aromatic carbocycles. The van der Waals surface area contributed by atoms with Gasteiger partial charge in [-0.25, -0.2) is 0 Å². The van der Waals surface area contributed by atoms with E-state index in [1.165, 1.54) is 13.0 Å². The molecule has 0 aromatic rings. The number of oxime groups is 1. The van der Waals surface area contributed by atoms with Crippen molar-refractivity contribution in [2.45, 2.75) is 20.0 Å². The molecule has 5 heteroatoms. The van der Waals surface area contributed by atoms with Gasteiger partial charge in [0.25, 0.3) is 0 Å². The first-order valence-corrected chi connectivity index (χ1v) is 4.13. The fourth-order valence-corrected chi connectivity index (χ4v) is 0.878. The van der Waals surface area contributed by atoms with Crippen molar-refractivity contribution in [3.05, 3.63) is 36.0 Å². The molecule has 0 amide bonds. The minimum Gasteiger partial charge on any atom is -0.411 e. The van der Waals surface area contributed by atoms with Gasteiger partial charge in [-0.15, -0.1) is 0 Å². The first kappa shape index (κ1) is 13.5. The summed E-state index contributed by atoms with van der Waals surface area (Å²) in [5, 5.41) is 11.3. The fourth-order valence-electron chi connectivity index (χ4n) is 0.878. The molecule has 0 radical (unpaired) electrons. The smallest absolute Gasteiger partial charge is 0.411 e. The molecule has 84 valence electrons. The van der Waals surface area contributed by atoms with Gasteiger partial charge in [-0.2, -0.15) is 13.2 Å². The number of nitrogens with zero attached hydrogens (tertiary/aromatic N) is 1. The van der Waals surface area contributed by atoms with E-state index < -0.39 is 11.7 Å². The quantitative estimate of drug-likeness (QED) is 0.335. The van der Waals surface area contributed by atoms with Gasteiger partial charge in [0.2, 0.25) is 0 Å². The largest absolute Gasteiger partial charge is 0.416 e. The van der Waals surface area contributed by atoms with E-state index in [1.807, 2.05) is 0 Å². The van der Waals surface area contributed by atoms with Crippen LogP contribution in [0.15, 0.2) is 41.1 Å². The van der Waals surface area contributed by atoms with Crippen LogP contribution in [-0.4, -0.2) is 17.1 Å². The number of hydrogen-bond donors (Lipinski definition) is 1. The van der Waals surface area contributed by atoms with Crippen molar-refractivity contribution in [2.24, 2.45) is 5.16 Å². The summed E-state index contributed by atoms with van der Waals surface area (Å²) in [6.45, 7) is 6.04. The SMILES string of the molecule is C=C\C(=C/C(=C\C)C(/C)=N/O)C(F)(F)F. The standard InChI is InChI=1S/C10H12F3NO/c1-4-8(7(3)14-15)6-9(5-2)10(11,12)13/h4-6,15H,2H2,1,3H3/b8-4+,9-6+,14-7+. The van der Waals surface area contributed by atoms with Crippen LogP contribution in [-0.2, 0) is 0 Å². The molecule has 0 rings (SSSR count). The molecule has 15 heavy (non-hydrogen) atoms. The molecule has 0 saturated carbocycles. The van der Waals surface area contributed by atoms with Crippen molar-refractivity contribution >= 4 is 5.71 Å². The van der Waals surface area contributed by atoms with Gasteiger partial charge in [0.1, 0.15) is 0 Å². The minimum absolute atomic E-state index is 0.112. The van der Waals surface area contributed by atoms with Crippen molar-refractivity contribution in [1.82, 2.24) is 0 Å². The lowest BCUT2D eigenvalue weighted by Crippen LogP contribution is -2.11. The maximum Gasteiger partial charge on any atom is 0.416 e. The van der Waals surface area contributed by atoms with Crippen molar-refractivity contribution in [3.8, 4) is 0 Å². The summed E-state index contributed by atoms with van der Waals surface area (Å²) < 4.78 is 36.9. The topological polar surface area (TPSA) is 32.6 Å². The first-order valence-electron chi connectivity index (χ1n) is 4.13. The van der Waals surface area contributed by atoms with Gasteiger partial charge >= 0.3 is 6.18 Å². The van der Waals surface area contributed by atoms with E-state index in [4.69, 9.17) is 5.21 Å². The maximum atomic E-state index is 12.3. The lowest BCUT2D eigenvalue weighted by atomic mass is 10.1. The van der Waals surface area contributed by atoms with E-state index in [9.17, 15) is 13.2 Å². The van der Waals surface area contributed by atoms with Crippen molar-refractivity contribution < 1.29 is 18.4 Å². The van der Waals surface area contributed by atoms with Gasteiger partial charge in [-0.1, -0.05) is 23.9 Å². The first-order chi connectivity index (χ1) is 6.86. The van der Waals surface area contributed by atoms with Gasteiger partial charge in [0.15, 0.2) is 0 Å². The molecule has 0 bridgehead atoms. The Balaban J connectivity index is 5.25. The number of alkyl halides is 3. The van der Waals surface area contributed by atoms with E-state index in [0.29, 0.717) is 6.08 Å². The molecule has 0 fully saturated rings. The zero-order valence-corrected chi connectivity index (χ0v) is 8.47. The molecule has 0 aliphatic rings. The third-order valence-electron chi connectivity index (χ3n) is 1.74. The van der Waals surface area contributed by atoms with Crippen LogP contribution in [0.1, 0.15) is 13.8 Å². The average molecular weight is 219 g/mol. The third kappa shape index (κ3) is 4.01. The summed E-state index contributed by atoms with van der Waals surface area (Å²) in [6.07, 6.45) is -1.44. The molecule has 0 heterocycles. The highest BCUT2D eigenvalue weighted by Gasteiger charge is 2.31. The van der Waals surface area contributed by atoms with Crippen molar-refractivity contribution in [2.75, 3.05) is 0 Å². The van der Waals surface area contributed by atoms with Crippen LogP contribution in [0, 0.1) is 0 Å². The van der Waals surface area contributed by atoms with Gasteiger partial charge in [0.05, 0.1) is 11.3 Å². The molecule has 0 atom stereocenters. The zero-order valence-electron chi connectivity index (χ0n) is 8.47. The summed E-state index contributed by atoms with van der Waals surface area (Å²) in [5.41, 5.74) is -0.565. The van der Waals surface area contributed by atoms with Crippen molar-refractivity contribution in [3.63, 3.8) is 0 Å². The monoisotopic (exact) mass is 219 g/mol. The second kappa shape index (κ2) is 5.38. The van der Waals surface area contributed by atoms with Crippen molar-refractivity contribution in [1.29, 1.82) is 0 Å². The Morgan fingerprint density at radius 1 is 1.40 bits per heavy atom. The van der Waals surface area contributed by atoms with Crippen LogP contribution in [0.25, 0.3) is 0 Å². The Hall–Kier alpha value is -1.52. The lowest BCUT2D eigenvalue weighted by molar-refractivity contribution is -0.0881. The molecule has 0 aliphatic carbocycles. The molecule has 0 aliphatic heterocycles. The van der Waals surface area contributed by atoms with Gasteiger partial charge in [-0.05, 0) is 25.5 Å². The molecule has 0 saturated heterocycles. The van der Waals surface area contributed by atoms with E-state index in [-0.39, 0.29) is 11.3 Å². The van der Waals surface area contributed by atoms with E-state index in [0.717, 1.165) is 6.08 Å². The number of allylic oxidation sites excluding steroid dienone is 5. The van der Waals surface area contributed by atoms with Crippen LogP contribution in [0.4, 0.5) is 13.2 Å². The summed E-state index contributed by atoms with van der Waals surface area (Å²) in [4.78, 5) is 0. The van der Waals surface area contributed by atoms with Crippen LogP contribution < -0.4 is 0 Å². The summed E-state index contributed by atoms with van der Waals surface area (Å²) in [5.74, 6) is 0. The number of rotatable bonds is 3. The maximum absolute atomic E-state index is 12.3. The van der Waals surface area contributed by atoms with Crippen LogP contribution >= 0.6 is 0 Å². The Morgan fingerprint density at radius 3 is 2.20 bits per heavy atom. The van der Waals surface area contributed by atoms with Gasteiger partial charge < -0.3 is 5.21 Å². The third-order valence-corrected chi connectivity index (χ3v) is 1.74. The highest BCUT2D eigenvalue weighted by Crippen LogP contribution is 2.27. The van der Waals surface area contributed by atoms with Gasteiger partial charge in [0, 0.05) is 0 Å². The lowest BCUT2D eigenvalue weighted by Gasteiger charge is -2.08. The molecular formula is C10H12F3NO. The number of hydrogen-bond acceptors (Lipinski definition) is 2. The van der Waals surface area contributed by atoms with Crippen LogP contribution in [0.3, 0.4) is 0 Å². The molecule has 0 unspecified atom stereocenters. The molecule has 2 nitrogen and oxygen atoms in total. The zero-order chi connectivity index (χ0) is 12.1. The Bertz CT molecular complexity index is 324. The summed E-state index contributed by atoms with van der Waals surface area (Å²) >= 11 is 0. The Morgan fingerprint density at radius 2 is 1.93 bits per heavy atom. The molecular weight excluding hydrogens is 207 g/mol. The normalized spacial score (nSPS) is 15.4. The highest BCUT2D eigenvalue weighted by atomic mass is 19.4. The minimum atomic E-state index is -4.45. The summed E-state index contributed by atoms with van der Waals surface area (Å²) in [6, 6.07) is 0. The van der Waals surface area contributed by atoms with Crippen LogP contribution in [0.5, 0.6) is 0 Å². The van der Waals surface area contributed by atoms with Crippen LogP contribution in [0.2, 0.25) is 0 Å². The molecule has 1 N–H and O–H groups in total. The van der Waals surface area contributed by atoms with E-state index in [1.54, 1.807) is 6.92 Å². The number of halogens is 3. The van der Waals surface area contributed by atoms with Gasteiger partial charge in [-0.3, -0.25) is 0 Å². The predicted molar refractivity (Wildman–Crippen MR) is 53.0 cm³/mol. The Labute approximate surface area is 86.1 Å². The Kier molecular flexibility index (Phi) is 4.84. The summed E-state index contributed by atoms with van der Waals surface area (Å²) in [7, 11) is 0. The predicted octanol–water partition coefficient (Wildman–Crippen LogP) is 3.46. The highest BCUT2D eigenvalue weighted by molar-refractivity contribution is 6.00. The second-order valence-corrected chi connectivity index (χ2v) is 2.73. The second-order valence-electron chi connectivity index (χ2n) is 2.73. The molecule has 0 spiro atoms. The van der Waals surface area contributed by atoms with E-state index >= 15 is 0 Å². The average Bonchev–Trinajstić information content (AvgIpc) is 2.16.